The van der Waals surface area contributed by atoms with Crippen molar-refractivity contribution in [2.45, 2.75) is 32.3 Å². The first-order valence-corrected chi connectivity index (χ1v) is 6.18. The Labute approximate surface area is 119 Å². The predicted molar refractivity (Wildman–Crippen MR) is 69.5 cm³/mol. The molecule has 1 heterocycles. The quantitative estimate of drug-likeness (QED) is 0.941. The number of hydrogen-bond donors (Lipinski definition) is 1. The van der Waals surface area contributed by atoms with E-state index < -0.39 is 11.9 Å². The summed E-state index contributed by atoms with van der Waals surface area (Å²) in [5.74, 6) is -0.256. The lowest BCUT2D eigenvalue weighted by Crippen LogP contribution is -2.29. The van der Waals surface area contributed by atoms with E-state index in [0.717, 1.165) is 5.56 Å². The van der Waals surface area contributed by atoms with Crippen molar-refractivity contribution in [2.75, 3.05) is 0 Å². The molecule has 0 aliphatic heterocycles. The van der Waals surface area contributed by atoms with Crippen LogP contribution in [0.4, 0.5) is 13.2 Å². The van der Waals surface area contributed by atoms with Gasteiger partial charge in [0.25, 0.3) is 0 Å². The third-order valence-corrected chi connectivity index (χ3v) is 2.70. The van der Waals surface area contributed by atoms with E-state index in [-0.39, 0.29) is 5.75 Å². The molecule has 1 aromatic heterocycles. The number of nitrogens with zero attached hydrogens (tertiary/aromatic N) is 3. The van der Waals surface area contributed by atoms with Crippen LogP contribution in [0.15, 0.2) is 30.5 Å². The zero-order valence-corrected chi connectivity index (χ0v) is 11.6. The Morgan fingerprint density at radius 3 is 2.29 bits per heavy atom. The highest BCUT2D eigenvalue weighted by molar-refractivity contribution is 5.27. The molecule has 0 aliphatic carbocycles. The molecule has 114 valence electrons. The smallest absolute Gasteiger partial charge is 0.406 e. The van der Waals surface area contributed by atoms with Crippen LogP contribution in [-0.4, -0.2) is 21.4 Å². The van der Waals surface area contributed by atoms with E-state index in [1.807, 2.05) is 13.8 Å². The minimum Gasteiger partial charge on any atom is -0.406 e. The summed E-state index contributed by atoms with van der Waals surface area (Å²) in [6.07, 6.45) is -2.98. The minimum atomic E-state index is -4.69. The first kappa shape index (κ1) is 15.3. The Balaban J connectivity index is 2.05. The molecular formula is C13H15F3N4O. The summed E-state index contributed by atoms with van der Waals surface area (Å²) >= 11 is 0. The van der Waals surface area contributed by atoms with Gasteiger partial charge in [-0.3, -0.25) is 0 Å². The maximum atomic E-state index is 12.0. The molecule has 21 heavy (non-hydrogen) atoms. The van der Waals surface area contributed by atoms with Gasteiger partial charge >= 0.3 is 6.36 Å². The predicted octanol–water partition coefficient (Wildman–Crippen LogP) is 2.42. The summed E-state index contributed by atoms with van der Waals surface area (Å²) in [5, 5.41) is 7.90. The third kappa shape index (κ3) is 4.45. The summed E-state index contributed by atoms with van der Waals surface area (Å²) < 4.78 is 41.5. The molecule has 0 saturated carbocycles. The second-order valence-corrected chi connectivity index (χ2v) is 5.21. The summed E-state index contributed by atoms with van der Waals surface area (Å²) in [6.45, 7) is 4.00. The fourth-order valence-corrected chi connectivity index (χ4v) is 1.65. The minimum absolute atomic E-state index is 0.256. The zero-order valence-electron chi connectivity index (χ0n) is 11.6. The maximum absolute atomic E-state index is 12.0. The average Bonchev–Trinajstić information content (AvgIpc) is 2.78. The van der Waals surface area contributed by atoms with Gasteiger partial charge < -0.3 is 10.5 Å². The first-order chi connectivity index (χ1) is 9.63. The first-order valence-electron chi connectivity index (χ1n) is 6.18. The maximum Gasteiger partial charge on any atom is 0.573 e. The molecule has 0 unspecified atom stereocenters. The van der Waals surface area contributed by atoms with E-state index in [4.69, 9.17) is 5.73 Å². The Kier molecular flexibility index (Phi) is 3.91. The molecule has 2 rings (SSSR count). The number of hydrogen-bond acceptors (Lipinski definition) is 4. The van der Waals surface area contributed by atoms with E-state index in [9.17, 15) is 13.2 Å². The largest absolute Gasteiger partial charge is 0.573 e. The molecule has 0 bridgehead atoms. The van der Waals surface area contributed by atoms with Gasteiger partial charge in [-0.1, -0.05) is 17.3 Å². The van der Waals surface area contributed by atoms with Crippen molar-refractivity contribution >= 4 is 0 Å². The molecule has 5 nitrogen and oxygen atoms in total. The van der Waals surface area contributed by atoms with E-state index in [2.05, 4.69) is 15.0 Å². The normalized spacial score (nSPS) is 12.5. The average molecular weight is 300 g/mol. The Morgan fingerprint density at radius 2 is 1.81 bits per heavy atom. The van der Waals surface area contributed by atoms with Crippen LogP contribution in [0.1, 0.15) is 25.1 Å². The van der Waals surface area contributed by atoms with Gasteiger partial charge in [0.15, 0.2) is 0 Å². The molecule has 2 N–H and O–H groups in total. The van der Waals surface area contributed by atoms with Crippen molar-refractivity contribution in [3.05, 3.63) is 41.7 Å². The fraction of sp³-hybridized carbons (Fsp3) is 0.385. The van der Waals surface area contributed by atoms with Gasteiger partial charge in [-0.2, -0.15) is 0 Å². The molecule has 0 spiro atoms. The molecule has 0 radical (unpaired) electrons. The number of benzene rings is 1. The molecule has 0 fully saturated rings. The van der Waals surface area contributed by atoms with E-state index >= 15 is 0 Å². The van der Waals surface area contributed by atoms with Gasteiger partial charge in [0.2, 0.25) is 0 Å². The molecule has 0 aliphatic rings. The lowest BCUT2D eigenvalue weighted by Gasteiger charge is -2.13. The van der Waals surface area contributed by atoms with Crippen molar-refractivity contribution in [3.63, 3.8) is 0 Å². The highest BCUT2D eigenvalue weighted by Crippen LogP contribution is 2.23. The summed E-state index contributed by atoms with van der Waals surface area (Å²) in [7, 11) is 0. The van der Waals surface area contributed by atoms with Crippen LogP contribution in [-0.2, 0) is 12.1 Å². The van der Waals surface area contributed by atoms with Crippen molar-refractivity contribution < 1.29 is 17.9 Å². The Morgan fingerprint density at radius 1 is 1.19 bits per heavy atom. The van der Waals surface area contributed by atoms with Gasteiger partial charge in [0.1, 0.15) is 11.4 Å². The van der Waals surface area contributed by atoms with E-state index in [1.54, 1.807) is 10.9 Å². The van der Waals surface area contributed by atoms with Crippen molar-refractivity contribution in [1.29, 1.82) is 0 Å². The van der Waals surface area contributed by atoms with Gasteiger partial charge in [0.05, 0.1) is 18.3 Å². The number of alkyl halides is 3. The second-order valence-electron chi connectivity index (χ2n) is 5.21. The monoisotopic (exact) mass is 300 g/mol. The van der Waals surface area contributed by atoms with Crippen LogP contribution in [0, 0.1) is 0 Å². The van der Waals surface area contributed by atoms with Crippen LogP contribution in [0.2, 0.25) is 0 Å². The number of ether oxygens (including phenoxy) is 1. The SMILES string of the molecule is CC(C)(N)c1cn(Cc2ccc(OC(F)(F)F)cc2)nn1. The third-order valence-electron chi connectivity index (χ3n) is 2.70. The lowest BCUT2D eigenvalue weighted by molar-refractivity contribution is -0.274. The summed E-state index contributed by atoms with van der Waals surface area (Å²) in [5.41, 5.74) is 6.72. The van der Waals surface area contributed by atoms with Crippen LogP contribution >= 0.6 is 0 Å². The fourth-order valence-electron chi connectivity index (χ4n) is 1.65. The molecule has 0 amide bonds. The van der Waals surface area contributed by atoms with E-state index in [0.29, 0.717) is 12.2 Å². The number of rotatable bonds is 4. The molecule has 2 aromatic rings. The van der Waals surface area contributed by atoms with Crippen LogP contribution < -0.4 is 10.5 Å². The van der Waals surface area contributed by atoms with Crippen molar-refractivity contribution in [1.82, 2.24) is 15.0 Å². The van der Waals surface area contributed by atoms with Crippen LogP contribution in [0.25, 0.3) is 0 Å². The zero-order chi connectivity index (χ0) is 15.7. The van der Waals surface area contributed by atoms with E-state index in [1.165, 1.54) is 24.3 Å². The van der Waals surface area contributed by atoms with Gasteiger partial charge in [-0.05, 0) is 31.5 Å². The molecule has 1 aromatic carbocycles. The van der Waals surface area contributed by atoms with Crippen molar-refractivity contribution in [2.24, 2.45) is 5.73 Å². The molecule has 8 heteroatoms. The highest BCUT2D eigenvalue weighted by Gasteiger charge is 2.30. The summed E-state index contributed by atoms with van der Waals surface area (Å²) in [6, 6.07) is 5.59. The van der Waals surface area contributed by atoms with Gasteiger partial charge in [0, 0.05) is 0 Å². The molecule has 0 saturated heterocycles. The molecule has 0 atom stereocenters. The topological polar surface area (TPSA) is 66.0 Å². The van der Waals surface area contributed by atoms with Crippen LogP contribution in [0.3, 0.4) is 0 Å². The Bertz CT molecular complexity index is 599. The standard InChI is InChI=1S/C13H15F3N4O/c1-12(2,17)11-8-20(19-18-11)7-9-3-5-10(6-4-9)21-13(14,15)16/h3-6,8H,7,17H2,1-2H3. The Hall–Kier alpha value is -2.09. The second kappa shape index (κ2) is 5.36. The number of aromatic nitrogens is 3. The summed E-state index contributed by atoms with van der Waals surface area (Å²) in [4.78, 5) is 0. The number of nitrogens with two attached hydrogens (primary N) is 1. The van der Waals surface area contributed by atoms with Crippen molar-refractivity contribution in [3.8, 4) is 5.75 Å². The highest BCUT2D eigenvalue weighted by atomic mass is 19.4. The lowest BCUT2D eigenvalue weighted by atomic mass is 10.0. The van der Waals surface area contributed by atoms with Crippen LogP contribution in [0.5, 0.6) is 5.75 Å². The van der Waals surface area contributed by atoms with Gasteiger partial charge in [-0.25, -0.2) is 4.68 Å². The van der Waals surface area contributed by atoms with Gasteiger partial charge in [-0.15, -0.1) is 18.3 Å². The molecular weight excluding hydrogens is 285 g/mol. The number of halogens is 3.